The van der Waals surface area contributed by atoms with Crippen molar-refractivity contribution in [2.24, 2.45) is 0 Å². The molecule has 0 fully saturated rings. The first-order valence-corrected chi connectivity index (χ1v) is 13.3. The van der Waals surface area contributed by atoms with E-state index in [0.29, 0.717) is 13.0 Å². The number of nitrogens with zero attached hydrogens (tertiary/aromatic N) is 1. The predicted molar refractivity (Wildman–Crippen MR) is 132 cm³/mol. The molecule has 0 aliphatic heterocycles. The third-order valence-electron chi connectivity index (χ3n) is 4.99. The zero-order valence-electron chi connectivity index (χ0n) is 18.7. The standard InChI is InChI=1S/C25H26F2N2O3S2/c1-19-7-13-22(14-8-19)34(31,32)29(24-6-3-2-5-23(24)27)17-25(30)28-15-4-16-33-18-20-9-11-21(26)12-10-20/h2-3,5-14H,4,15-18H2,1H3,(H,28,30). The fourth-order valence-electron chi connectivity index (χ4n) is 3.15. The molecule has 180 valence electrons. The number of carbonyl (C=O) groups is 1. The Hall–Kier alpha value is -2.91. The average molecular weight is 505 g/mol. The van der Waals surface area contributed by atoms with Gasteiger partial charge in [-0.05, 0) is 61.1 Å². The number of nitrogens with one attached hydrogen (secondary N) is 1. The lowest BCUT2D eigenvalue weighted by Crippen LogP contribution is -2.41. The van der Waals surface area contributed by atoms with Gasteiger partial charge in [-0.2, -0.15) is 11.8 Å². The van der Waals surface area contributed by atoms with Crippen molar-refractivity contribution in [1.29, 1.82) is 0 Å². The van der Waals surface area contributed by atoms with Crippen LogP contribution in [0.1, 0.15) is 17.5 Å². The number of para-hydroxylation sites is 1. The van der Waals surface area contributed by atoms with E-state index in [1.807, 2.05) is 6.92 Å². The Balaban J connectivity index is 1.59. The van der Waals surface area contributed by atoms with E-state index in [2.05, 4.69) is 5.32 Å². The summed E-state index contributed by atoms with van der Waals surface area (Å²) < 4.78 is 54.7. The van der Waals surface area contributed by atoms with Gasteiger partial charge in [0.05, 0.1) is 10.6 Å². The molecule has 0 aliphatic rings. The number of hydrogen-bond donors (Lipinski definition) is 1. The fourth-order valence-corrected chi connectivity index (χ4v) is 5.50. The Morgan fingerprint density at radius 1 is 0.971 bits per heavy atom. The van der Waals surface area contributed by atoms with Crippen molar-refractivity contribution < 1.29 is 22.0 Å². The summed E-state index contributed by atoms with van der Waals surface area (Å²) in [5.74, 6) is -0.0450. The largest absolute Gasteiger partial charge is 0.354 e. The Morgan fingerprint density at radius 2 is 1.65 bits per heavy atom. The molecule has 0 atom stereocenters. The maximum absolute atomic E-state index is 14.5. The summed E-state index contributed by atoms with van der Waals surface area (Å²) in [5.41, 5.74) is 1.71. The fraction of sp³-hybridized carbons (Fsp3) is 0.240. The number of amides is 1. The molecule has 0 saturated carbocycles. The molecule has 34 heavy (non-hydrogen) atoms. The van der Waals surface area contributed by atoms with Gasteiger partial charge in [-0.3, -0.25) is 9.10 Å². The highest BCUT2D eigenvalue weighted by Crippen LogP contribution is 2.26. The second-order valence-corrected chi connectivity index (χ2v) is 10.6. The molecule has 9 heteroatoms. The maximum atomic E-state index is 14.5. The minimum absolute atomic E-state index is 0.0219. The molecular weight excluding hydrogens is 478 g/mol. The number of benzene rings is 3. The van der Waals surface area contributed by atoms with Gasteiger partial charge in [-0.15, -0.1) is 0 Å². The van der Waals surface area contributed by atoms with Crippen LogP contribution in [0.2, 0.25) is 0 Å². The molecular formula is C25H26F2N2O3S2. The van der Waals surface area contributed by atoms with E-state index >= 15 is 0 Å². The van der Waals surface area contributed by atoms with Gasteiger partial charge in [0.15, 0.2) is 0 Å². The van der Waals surface area contributed by atoms with E-state index in [4.69, 9.17) is 0 Å². The van der Waals surface area contributed by atoms with Gasteiger partial charge in [0.25, 0.3) is 10.0 Å². The van der Waals surface area contributed by atoms with E-state index in [-0.39, 0.29) is 16.4 Å². The Kier molecular flexibility index (Phi) is 9.06. The third-order valence-corrected chi connectivity index (χ3v) is 7.88. The molecule has 1 N–H and O–H groups in total. The van der Waals surface area contributed by atoms with Gasteiger partial charge in [-0.1, -0.05) is 42.0 Å². The molecule has 0 aromatic heterocycles. The van der Waals surface area contributed by atoms with Gasteiger partial charge in [0.1, 0.15) is 18.2 Å². The predicted octanol–water partition coefficient (Wildman–Crippen LogP) is 4.91. The zero-order valence-corrected chi connectivity index (χ0v) is 20.3. The topological polar surface area (TPSA) is 66.5 Å². The summed E-state index contributed by atoms with van der Waals surface area (Å²) in [6, 6.07) is 17.9. The lowest BCUT2D eigenvalue weighted by atomic mass is 10.2. The van der Waals surface area contributed by atoms with Crippen LogP contribution in [0.25, 0.3) is 0 Å². The molecule has 3 aromatic carbocycles. The minimum Gasteiger partial charge on any atom is -0.354 e. The Labute approximate surface area is 203 Å². The number of thioether (sulfide) groups is 1. The summed E-state index contributed by atoms with van der Waals surface area (Å²) in [4.78, 5) is 12.6. The van der Waals surface area contributed by atoms with Crippen molar-refractivity contribution in [2.45, 2.75) is 24.0 Å². The number of halogens is 2. The van der Waals surface area contributed by atoms with Gasteiger partial charge in [-0.25, -0.2) is 17.2 Å². The van der Waals surface area contributed by atoms with Crippen LogP contribution in [0.15, 0.2) is 77.7 Å². The first-order chi connectivity index (χ1) is 16.3. The number of anilines is 1. The van der Waals surface area contributed by atoms with Crippen molar-refractivity contribution in [1.82, 2.24) is 5.32 Å². The molecule has 0 unspecified atom stereocenters. The Morgan fingerprint density at radius 3 is 2.32 bits per heavy atom. The molecule has 0 radical (unpaired) electrons. The van der Waals surface area contributed by atoms with Gasteiger partial charge in [0, 0.05) is 12.3 Å². The third kappa shape index (κ3) is 7.04. The normalized spacial score (nSPS) is 11.3. The van der Waals surface area contributed by atoms with Crippen LogP contribution in [-0.2, 0) is 20.6 Å². The first kappa shape index (κ1) is 25.7. The van der Waals surface area contributed by atoms with Gasteiger partial charge >= 0.3 is 0 Å². The number of aryl methyl sites for hydroxylation is 1. The summed E-state index contributed by atoms with van der Waals surface area (Å²) >= 11 is 1.65. The van der Waals surface area contributed by atoms with E-state index < -0.39 is 28.3 Å². The average Bonchev–Trinajstić information content (AvgIpc) is 2.81. The molecule has 0 spiro atoms. The monoisotopic (exact) mass is 504 g/mol. The summed E-state index contributed by atoms with van der Waals surface area (Å²) in [5, 5.41) is 2.71. The molecule has 3 rings (SSSR count). The van der Waals surface area contributed by atoms with Crippen LogP contribution >= 0.6 is 11.8 Å². The van der Waals surface area contributed by atoms with E-state index in [1.54, 1.807) is 36.0 Å². The summed E-state index contributed by atoms with van der Waals surface area (Å²) in [7, 11) is -4.16. The van der Waals surface area contributed by atoms with Crippen molar-refractivity contribution in [3.05, 3.63) is 95.6 Å². The lowest BCUT2D eigenvalue weighted by molar-refractivity contribution is -0.119. The van der Waals surface area contributed by atoms with Crippen LogP contribution in [-0.4, -0.2) is 33.2 Å². The minimum atomic E-state index is -4.16. The SMILES string of the molecule is Cc1ccc(S(=O)(=O)N(CC(=O)NCCCSCc2ccc(F)cc2)c2ccccc2F)cc1. The van der Waals surface area contributed by atoms with Crippen LogP contribution in [0.4, 0.5) is 14.5 Å². The molecule has 3 aromatic rings. The highest BCUT2D eigenvalue weighted by molar-refractivity contribution is 7.98. The van der Waals surface area contributed by atoms with Crippen LogP contribution in [0.5, 0.6) is 0 Å². The molecule has 0 bridgehead atoms. The lowest BCUT2D eigenvalue weighted by Gasteiger charge is -2.24. The van der Waals surface area contributed by atoms with Crippen LogP contribution in [0.3, 0.4) is 0 Å². The van der Waals surface area contributed by atoms with Crippen LogP contribution in [0, 0.1) is 18.6 Å². The van der Waals surface area contributed by atoms with Crippen molar-refractivity contribution in [2.75, 3.05) is 23.1 Å². The van der Waals surface area contributed by atoms with Crippen LogP contribution < -0.4 is 9.62 Å². The van der Waals surface area contributed by atoms with E-state index in [1.165, 1.54) is 42.5 Å². The van der Waals surface area contributed by atoms with E-state index in [9.17, 15) is 22.0 Å². The molecule has 0 saturated heterocycles. The summed E-state index contributed by atoms with van der Waals surface area (Å²) in [6.07, 6.45) is 0.669. The zero-order chi connectivity index (χ0) is 24.6. The molecule has 0 aliphatic carbocycles. The van der Waals surface area contributed by atoms with Gasteiger partial charge < -0.3 is 5.32 Å². The van der Waals surface area contributed by atoms with Crippen molar-refractivity contribution >= 4 is 33.4 Å². The Bertz CT molecular complexity index is 1200. The van der Waals surface area contributed by atoms with Crippen molar-refractivity contribution in [3.8, 4) is 0 Å². The highest BCUT2D eigenvalue weighted by Gasteiger charge is 2.29. The molecule has 0 heterocycles. The smallest absolute Gasteiger partial charge is 0.264 e. The number of rotatable bonds is 11. The number of sulfonamides is 1. The molecule has 5 nitrogen and oxygen atoms in total. The highest BCUT2D eigenvalue weighted by atomic mass is 32.2. The second-order valence-electron chi connectivity index (χ2n) is 7.66. The quantitative estimate of drug-likeness (QED) is 0.377. The van der Waals surface area contributed by atoms with Crippen molar-refractivity contribution in [3.63, 3.8) is 0 Å². The number of hydrogen-bond acceptors (Lipinski definition) is 4. The van der Waals surface area contributed by atoms with Gasteiger partial charge in [0.2, 0.25) is 5.91 Å². The number of carbonyl (C=O) groups excluding carboxylic acids is 1. The molecule has 1 amide bonds. The van der Waals surface area contributed by atoms with E-state index in [0.717, 1.165) is 33.0 Å². The second kappa shape index (κ2) is 12.0. The first-order valence-electron chi connectivity index (χ1n) is 10.7. The summed E-state index contributed by atoms with van der Waals surface area (Å²) in [6.45, 7) is 1.64. The maximum Gasteiger partial charge on any atom is 0.264 e.